The Morgan fingerprint density at radius 2 is 1.61 bits per heavy atom. The number of benzene rings is 1. The molecule has 0 bridgehead atoms. The van der Waals surface area contributed by atoms with Crippen LogP contribution in [-0.2, 0) is 15.9 Å². The normalized spacial score (nSPS) is 11.6. The van der Waals surface area contributed by atoms with Crippen LogP contribution in [0.4, 0.5) is 0 Å². The molecule has 3 nitrogen and oxygen atoms in total. The van der Waals surface area contributed by atoms with Crippen LogP contribution in [0.3, 0.4) is 0 Å². The van der Waals surface area contributed by atoms with E-state index in [4.69, 9.17) is 14.2 Å². The van der Waals surface area contributed by atoms with E-state index in [2.05, 4.69) is 10.2 Å². The van der Waals surface area contributed by atoms with Gasteiger partial charge in [-0.15, -0.1) is 0 Å². The van der Waals surface area contributed by atoms with E-state index in [0.717, 1.165) is 11.3 Å². The zero-order valence-corrected chi connectivity index (χ0v) is 12.4. The topological polar surface area (TPSA) is 27.7 Å². The standard InChI is InChI=1S/C14H21O3Si/c1-4-15-13-10-8-7-9-12(13)11-14(18,16-5-2)17-6-3/h7-10H,4-6,11H2,1-3H3. The van der Waals surface area contributed by atoms with Gasteiger partial charge in [0.05, 0.1) is 6.61 Å². The van der Waals surface area contributed by atoms with Crippen LogP contribution < -0.4 is 4.74 Å². The van der Waals surface area contributed by atoms with Crippen molar-refractivity contribution >= 4 is 10.2 Å². The molecule has 0 atom stereocenters. The van der Waals surface area contributed by atoms with Crippen LogP contribution >= 0.6 is 0 Å². The molecule has 0 fully saturated rings. The van der Waals surface area contributed by atoms with Gasteiger partial charge in [-0.25, -0.2) is 0 Å². The predicted molar refractivity (Wildman–Crippen MR) is 73.1 cm³/mol. The molecule has 0 amide bonds. The van der Waals surface area contributed by atoms with Gasteiger partial charge in [0, 0.05) is 19.6 Å². The van der Waals surface area contributed by atoms with E-state index in [1.165, 1.54) is 0 Å². The third kappa shape index (κ3) is 4.44. The first kappa shape index (κ1) is 15.2. The first-order valence-corrected chi connectivity index (χ1v) is 6.88. The summed E-state index contributed by atoms with van der Waals surface area (Å²) >= 11 is 0. The summed E-state index contributed by atoms with van der Waals surface area (Å²) in [5.41, 5.74) is 0.285. The van der Waals surface area contributed by atoms with Crippen molar-refractivity contribution in [1.82, 2.24) is 0 Å². The van der Waals surface area contributed by atoms with Gasteiger partial charge in [-0.3, -0.25) is 0 Å². The Bertz CT molecular complexity index is 349. The van der Waals surface area contributed by atoms with Crippen molar-refractivity contribution in [3.63, 3.8) is 0 Å². The minimum atomic E-state index is -0.781. The minimum Gasteiger partial charge on any atom is -0.494 e. The summed E-state index contributed by atoms with van der Waals surface area (Å²) in [5.74, 6) is 0.877. The Hall–Kier alpha value is -0.843. The highest BCUT2D eigenvalue weighted by atomic mass is 28.1. The van der Waals surface area contributed by atoms with Crippen LogP contribution in [0.25, 0.3) is 0 Å². The van der Waals surface area contributed by atoms with E-state index in [1.807, 2.05) is 45.0 Å². The SMILES string of the molecule is CCOc1ccccc1CC([Si])(OCC)OCC. The number of ether oxygens (including phenoxy) is 3. The highest BCUT2D eigenvalue weighted by Gasteiger charge is 2.26. The van der Waals surface area contributed by atoms with Gasteiger partial charge in [-0.1, -0.05) is 18.2 Å². The molecule has 0 N–H and O–H groups in total. The average molecular weight is 265 g/mol. The molecule has 1 rings (SSSR count). The van der Waals surface area contributed by atoms with Crippen molar-refractivity contribution in [3.05, 3.63) is 29.8 Å². The molecule has 0 saturated heterocycles. The lowest BCUT2D eigenvalue weighted by Gasteiger charge is -2.30. The van der Waals surface area contributed by atoms with Crippen molar-refractivity contribution in [2.75, 3.05) is 19.8 Å². The Morgan fingerprint density at radius 3 is 2.17 bits per heavy atom. The fraction of sp³-hybridized carbons (Fsp3) is 0.571. The number of rotatable bonds is 8. The van der Waals surface area contributed by atoms with E-state index in [1.54, 1.807) is 0 Å². The molecule has 4 heteroatoms. The van der Waals surface area contributed by atoms with E-state index in [9.17, 15) is 0 Å². The number of hydrogen-bond acceptors (Lipinski definition) is 3. The van der Waals surface area contributed by atoms with Crippen LogP contribution in [-0.4, -0.2) is 35.5 Å². The van der Waals surface area contributed by atoms with Crippen LogP contribution in [0.15, 0.2) is 24.3 Å². The van der Waals surface area contributed by atoms with Gasteiger partial charge >= 0.3 is 0 Å². The van der Waals surface area contributed by atoms with Gasteiger partial charge in [0.15, 0.2) is 0 Å². The minimum absolute atomic E-state index is 0.584. The van der Waals surface area contributed by atoms with E-state index >= 15 is 0 Å². The van der Waals surface area contributed by atoms with E-state index in [-0.39, 0.29) is 0 Å². The van der Waals surface area contributed by atoms with Gasteiger partial charge in [0.2, 0.25) is 0 Å². The molecule has 1 aromatic rings. The Labute approximate surface area is 113 Å². The maximum atomic E-state index is 5.64. The molecule has 0 unspecified atom stereocenters. The molecule has 0 spiro atoms. The molecule has 0 aliphatic heterocycles. The van der Waals surface area contributed by atoms with E-state index < -0.39 is 5.41 Å². The Balaban J connectivity index is 2.85. The molecule has 0 aliphatic carbocycles. The van der Waals surface area contributed by atoms with Crippen molar-refractivity contribution in [1.29, 1.82) is 0 Å². The molecule has 0 heterocycles. The first-order valence-electron chi connectivity index (χ1n) is 6.38. The quantitative estimate of drug-likeness (QED) is 0.534. The first-order chi connectivity index (χ1) is 8.65. The van der Waals surface area contributed by atoms with Crippen molar-refractivity contribution in [2.24, 2.45) is 0 Å². The Kier molecular flexibility index (Phi) is 6.39. The van der Waals surface area contributed by atoms with Gasteiger partial charge in [-0.05, 0) is 32.4 Å². The molecule has 0 aliphatic rings. The molecule has 3 radical (unpaired) electrons. The van der Waals surface area contributed by atoms with Crippen molar-refractivity contribution < 1.29 is 14.2 Å². The smallest absolute Gasteiger partial charge is 0.148 e. The highest BCUT2D eigenvalue weighted by molar-refractivity contribution is 6.13. The molecule has 0 aromatic heterocycles. The van der Waals surface area contributed by atoms with Gasteiger partial charge < -0.3 is 14.2 Å². The number of para-hydroxylation sites is 1. The van der Waals surface area contributed by atoms with Crippen molar-refractivity contribution in [2.45, 2.75) is 32.6 Å². The van der Waals surface area contributed by atoms with E-state index in [0.29, 0.717) is 26.2 Å². The molecule has 99 valence electrons. The second-order valence-electron chi connectivity index (χ2n) is 3.84. The molecule has 18 heavy (non-hydrogen) atoms. The molecular formula is C14H21O3Si. The van der Waals surface area contributed by atoms with Crippen molar-refractivity contribution in [3.8, 4) is 5.75 Å². The summed E-state index contributed by atoms with van der Waals surface area (Å²) in [4.78, 5) is 0. The van der Waals surface area contributed by atoms with Gasteiger partial charge in [0.25, 0.3) is 0 Å². The Morgan fingerprint density at radius 1 is 1.00 bits per heavy atom. The maximum absolute atomic E-state index is 5.64. The second kappa shape index (κ2) is 7.56. The summed E-state index contributed by atoms with van der Waals surface area (Å²) in [6.45, 7) is 7.68. The largest absolute Gasteiger partial charge is 0.494 e. The predicted octanol–water partition coefficient (Wildman–Crippen LogP) is 2.52. The lowest BCUT2D eigenvalue weighted by Crippen LogP contribution is -2.39. The summed E-state index contributed by atoms with van der Waals surface area (Å²) in [6, 6.07) is 7.94. The monoisotopic (exact) mass is 265 g/mol. The summed E-state index contributed by atoms with van der Waals surface area (Å²) in [6.07, 6.45) is 0.599. The van der Waals surface area contributed by atoms with Crippen LogP contribution in [0, 0.1) is 0 Å². The molecular weight excluding hydrogens is 244 g/mol. The summed E-state index contributed by atoms with van der Waals surface area (Å²) in [5, 5.41) is 0. The van der Waals surface area contributed by atoms with Crippen LogP contribution in [0.5, 0.6) is 5.75 Å². The fourth-order valence-corrected chi connectivity index (χ4v) is 2.29. The lowest BCUT2D eigenvalue weighted by atomic mass is 10.1. The lowest BCUT2D eigenvalue weighted by molar-refractivity contribution is -0.171. The third-order valence-corrected chi connectivity index (χ3v) is 2.92. The average Bonchev–Trinajstić information content (AvgIpc) is 2.32. The fourth-order valence-electron chi connectivity index (χ4n) is 1.81. The number of hydrogen-bond donors (Lipinski definition) is 0. The second-order valence-corrected chi connectivity index (χ2v) is 4.60. The summed E-state index contributed by atoms with van der Waals surface area (Å²) < 4.78 is 16.9. The third-order valence-electron chi connectivity index (χ3n) is 2.45. The molecule has 1 aromatic carbocycles. The zero-order chi connectivity index (χ0) is 13.4. The maximum Gasteiger partial charge on any atom is 0.148 e. The highest BCUT2D eigenvalue weighted by Crippen LogP contribution is 2.24. The van der Waals surface area contributed by atoms with Crippen LogP contribution in [0.1, 0.15) is 26.3 Å². The summed E-state index contributed by atoms with van der Waals surface area (Å²) in [7, 11) is 3.59. The van der Waals surface area contributed by atoms with Gasteiger partial charge in [-0.2, -0.15) is 0 Å². The van der Waals surface area contributed by atoms with Crippen LogP contribution in [0.2, 0.25) is 0 Å². The van der Waals surface area contributed by atoms with Gasteiger partial charge in [0.1, 0.15) is 21.4 Å². The molecule has 0 saturated carbocycles. The zero-order valence-electron chi connectivity index (χ0n) is 11.4.